The number of aromatic nitrogens is 3. The summed E-state index contributed by atoms with van der Waals surface area (Å²) in [5, 5.41) is 10.9. The Morgan fingerprint density at radius 2 is 2.08 bits per heavy atom. The molecule has 4 N–H and O–H groups in total. The van der Waals surface area contributed by atoms with Crippen molar-refractivity contribution in [3.63, 3.8) is 0 Å². The first-order valence-electron chi connectivity index (χ1n) is 12.4. The molecule has 9 nitrogen and oxygen atoms in total. The number of imidazole rings is 1. The lowest BCUT2D eigenvalue weighted by atomic mass is 9.98. The van der Waals surface area contributed by atoms with Gasteiger partial charge in [-0.3, -0.25) is 4.79 Å². The lowest BCUT2D eigenvalue weighted by molar-refractivity contribution is -0.138. The Bertz CT molecular complexity index is 1300. The molecule has 2 aliphatic rings. The van der Waals surface area contributed by atoms with Crippen LogP contribution < -0.4 is 21.3 Å². The van der Waals surface area contributed by atoms with E-state index < -0.39 is 11.7 Å². The van der Waals surface area contributed by atoms with Crippen molar-refractivity contribution in [2.75, 3.05) is 43.5 Å². The number of nitrogens with one attached hydrogen (secondary N) is 2. The number of ether oxygens (including phenoxy) is 1. The predicted octanol–water partition coefficient (Wildman–Crippen LogP) is 2.43. The molecule has 0 aliphatic carbocycles. The Morgan fingerprint density at radius 1 is 1.30 bits per heavy atom. The second-order valence-electron chi connectivity index (χ2n) is 9.43. The summed E-state index contributed by atoms with van der Waals surface area (Å²) in [6, 6.07) is 5.64. The molecule has 198 valence electrons. The standard InChI is InChI=1S/C25H30F3N7O2/c1-15-16(4-2-5-17(15)25(26,27)28)12-21-20(14-31-24(36)19-6-3-7-30-19)32-23-18(29)13-22(33-35(21)23)34-8-10-37-11-9-34/h2,4-5,13,19,30H,3,6-12,14,29H2,1H3,(H,31,36). The van der Waals surface area contributed by atoms with E-state index in [4.69, 9.17) is 15.6 Å². The highest BCUT2D eigenvalue weighted by Gasteiger charge is 2.33. The van der Waals surface area contributed by atoms with Gasteiger partial charge in [0.15, 0.2) is 11.5 Å². The molecule has 2 aromatic heterocycles. The fourth-order valence-electron chi connectivity index (χ4n) is 4.95. The number of carbonyl (C=O) groups is 1. The molecule has 3 aromatic rings. The molecule has 0 bridgehead atoms. The number of nitrogens with zero attached hydrogens (tertiary/aromatic N) is 4. The maximum absolute atomic E-state index is 13.6. The largest absolute Gasteiger partial charge is 0.416 e. The van der Waals surface area contributed by atoms with E-state index >= 15 is 0 Å². The number of alkyl halides is 3. The number of morpholine rings is 1. The molecule has 0 radical (unpaired) electrons. The molecule has 0 spiro atoms. The number of nitrogen functional groups attached to an aromatic ring is 1. The van der Waals surface area contributed by atoms with E-state index in [1.165, 1.54) is 13.0 Å². The van der Waals surface area contributed by atoms with Gasteiger partial charge in [-0.05, 0) is 43.5 Å². The lowest BCUT2D eigenvalue weighted by Crippen LogP contribution is -2.40. The quantitative estimate of drug-likeness (QED) is 0.461. The Kier molecular flexibility index (Phi) is 6.95. The number of benzene rings is 1. The van der Waals surface area contributed by atoms with Crippen molar-refractivity contribution in [1.82, 2.24) is 25.2 Å². The Balaban J connectivity index is 1.55. The number of nitrogens with two attached hydrogens (primary N) is 1. The van der Waals surface area contributed by atoms with Crippen molar-refractivity contribution in [1.29, 1.82) is 0 Å². The zero-order valence-electron chi connectivity index (χ0n) is 20.6. The van der Waals surface area contributed by atoms with E-state index in [-0.39, 0.29) is 30.5 Å². The van der Waals surface area contributed by atoms with Gasteiger partial charge in [-0.25, -0.2) is 9.50 Å². The summed E-state index contributed by atoms with van der Waals surface area (Å²) in [5.41, 5.74) is 8.24. The average Bonchev–Trinajstić information content (AvgIpc) is 3.53. The summed E-state index contributed by atoms with van der Waals surface area (Å²) in [6.07, 6.45) is -2.64. The second-order valence-corrected chi connectivity index (χ2v) is 9.43. The van der Waals surface area contributed by atoms with Crippen LogP contribution in [0.1, 0.15) is 40.9 Å². The highest BCUT2D eigenvalue weighted by Crippen LogP contribution is 2.34. The highest BCUT2D eigenvalue weighted by molar-refractivity contribution is 5.82. The lowest BCUT2D eigenvalue weighted by Gasteiger charge is -2.27. The summed E-state index contributed by atoms with van der Waals surface area (Å²) in [5.74, 6) is 0.504. The molecule has 2 aliphatic heterocycles. The van der Waals surface area contributed by atoms with Gasteiger partial charge in [-0.2, -0.15) is 13.2 Å². The van der Waals surface area contributed by atoms with Crippen LogP contribution in [0.2, 0.25) is 0 Å². The number of anilines is 2. The third kappa shape index (κ3) is 5.21. The molecule has 1 unspecified atom stereocenters. The molecule has 1 atom stereocenters. The van der Waals surface area contributed by atoms with Crippen LogP contribution in [0, 0.1) is 6.92 Å². The normalized spacial score (nSPS) is 18.5. The first-order chi connectivity index (χ1) is 17.7. The predicted molar refractivity (Wildman–Crippen MR) is 132 cm³/mol. The number of rotatable bonds is 6. The average molecular weight is 518 g/mol. The Labute approximate surface area is 212 Å². The number of halogens is 3. The van der Waals surface area contributed by atoms with Gasteiger partial charge in [0.25, 0.3) is 0 Å². The van der Waals surface area contributed by atoms with Gasteiger partial charge in [0.05, 0.1) is 48.4 Å². The fraction of sp³-hybridized carbons (Fsp3) is 0.480. The molecular formula is C25H30F3N7O2. The van der Waals surface area contributed by atoms with E-state index in [1.807, 2.05) is 4.90 Å². The zero-order valence-corrected chi connectivity index (χ0v) is 20.6. The Morgan fingerprint density at radius 3 is 2.78 bits per heavy atom. The van der Waals surface area contributed by atoms with Crippen molar-refractivity contribution >= 4 is 23.1 Å². The molecular weight excluding hydrogens is 487 g/mol. The van der Waals surface area contributed by atoms with E-state index in [2.05, 4.69) is 15.6 Å². The number of carbonyl (C=O) groups excluding carboxylic acids is 1. The molecule has 0 saturated carbocycles. The summed E-state index contributed by atoms with van der Waals surface area (Å²) >= 11 is 0. The van der Waals surface area contributed by atoms with Crippen molar-refractivity contribution in [2.45, 2.75) is 44.9 Å². The topological polar surface area (TPSA) is 110 Å². The third-order valence-electron chi connectivity index (χ3n) is 7.03. The van der Waals surface area contributed by atoms with Gasteiger partial charge in [-0.1, -0.05) is 12.1 Å². The van der Waals surface area contributed by atoms with Gasteiger partial charge in [0.1, 0.15) is 0 Å². The van der Waals surface area contributed by atoms with Gasteiger partial charge in [0, 0.05) is 25.6 Å². The molecule has 5 rings (SSSR count). The van der Waals surface area contributed by atoms with Gasteiger partial charge in [-0.15, -0.1) is 5.10 Å². The summed E-state index contributed by atoms with van der Waals surface area (Å²) < 4.78 is 47.8. The van der Waals surface area contributed by atoms with Crippen molar-refractivity contribution in [2.24, 2.45) is 0 Å². The van der Waals surface area contributed by atoms with Crippen LogP contribution in [0.3, 0.4) is 0 Å². The van der Waals surface area contributed by atoms with Crippen LogP contribution in [0.4, 0.5) is 24.7 Å². The van der Waals surface area contributed by atoms with Gasteiger partial charge < -0.3 is 26.0 Å². The van der Waals surface area contributed by atoms with Crippen molar-refractivity contribution in [3.05, 3.63) is 52.3 Å². The molecule has 4 heterocycles. The minimum absolute atomic E-state index is 0.111. The highest BCUT2D eigenvalue weighted by atomic mass is 19.4. The third-order valence-corrected chi connectivity index (χ3v) is 7.03. The monoisotopic (exact) mass is 517 g/mol. The molecule has 1 amide bonds. The minimum atomic E-state index is -4.46. The molecule has 37 heavy (non-hydrogen) atoms. The smallest absolute Gasteiger partial charge is 0.396 e. The summed E-state index contributed by atoms with van der Waals surface area (Å²) in [6.45, 7) is 4.78. The van der Waals surface area contributed by atoms with Crippen LogP contribution in [-0.4, -0.2) is 59.4 Å². The SMILES string of the molecule is Cc1c(Cc2c(CNC(=O)C3CCCN3)nc3c(N)cc(N4CCOCC4)nn23)cccc1C(F)(F)F. The van der Waals surface area contributed by atoms with Crippen LogP contribution in [-0.2, 0) is 28.7 Å². The maximum Gasteiger partial charge on any atom is 0.416 e. The van der Waals surface area contributed by atoms with Crippen molar-refractivity contribution in [3.8, 4) is 0 Å². The molecule has 2 fully saturated rings. The van der Waals surface area contributed by atoms with Gasteiger partial charge >= 0.3 is 6.18 Å². The number of amides is 1. The van der Waals surface area contributed by atoms with Crippen LogP contribution in [0.5, 0.6) is 0 Å². The summed E-state index contributed by atoms with van der Waals surface area (Å²) in [7, 11) is 0. The van der Waals surface area contributed by atoms with Crippen LogP contribution in [0.15, 0.2) is 24.3 Å². The number of hydrogen-bond donors (Lipinski definition) is 3. The van der Waals surface area contributed by atoms with E-state index in [1.54, 1.807) is 16.6 Å². The second kappa shape index (κ2) is 10.2. The van der Waals surface area contributed by atoms with Crippen molar-refractivity contribution < 1.29 is 22.7 Å². The number of fused-ring (bicyclic) bond motifs is 1. The number of hydrogen-bond acceptors (Lipinski definition) is 7. The maximum atomic E-state index is 13.6. The summed E-state index contributed by atoms with van der Waals surface area (Å²) in [4.78, 5) is 19.4. The molecule has 12 heteroatoms. The van der Waals surface area contributed by atoms with E-state index in [0.29, 0.717) is 60.4 Å². The molecule has 1 aromatic carbocycles. The molecule has 2 saturated heterocycles. The van der Waals surface area contributed by atoms with E-state index in [0.717, 1.165) is 25.5 Å². The fourth-order valence-corrected chi connectivity index (χ4v) is 4.95. The first-order valence-corrected chi connectivity index (χ1v) is 12.4. The van der Waals surface area contributed by atoms with Crippen LogP contribution >= 0.6 is 0 Å². The van der Waals surface area contributed by atoms with Crippen LogP contribution in [0.25, 0.3) is 5.65 Å². The first kappa shape index (κ1) is 25.3. The Hall–Kier alpha value is -3.38. The zero-order chi connectivity index (χ0) is 26.2. The van der Waals surface area contributed by atoms with E-state index in [9.17, 15) is 18.0 Å². The van der Waals surface area contributed by atoms with Gasteiger partial charge in [0.2, 0.25) is 5.91 Å². The minimum Gasteiger partial charge on any atom is -0.396 e.